The maximum atomic E-state index is 12.9. The zero-order valence-corrected chi connectivity index (χ0v) is 17.7. The van der Waals surface area contributed by atoms with Gasteiger partial charge in [-0.2, -0.15) is 0 Å². The van der Waals surface area contributed by atoms with Crippen LogP contribution in [-0.4, -0.2) is 45.5 Å². The molecule has 1 heterocycles. The number of nitrogens with zero attached hydrogens (tertiary/aromatic N) is 1. The van der Waals surface area contributed by atoms with Crippen molar-refractivity contribution in [1.82, 2.24) is 4.90 Å². The third kappa shape index (κ3) is 4.80. The Hall–Kier alpha value is -3.52. The summed E-state index contributed by atoms with van der Waals surface area (Å²) in [5.41, 5.74) is 0.683. The molecule has 4 rings (SSSR count). The van der Waals surface area contributed by atoms with Gasteiger partial charge in [0.25, 0.3) is 15.9 Å². The van der Waals surface area contributed by atoms with Gasteiger partial charge in [0.1, 0.15) is 6.61 Å². The second kappa shape index (κ2) is 8.69. The first kappa shape index (κ1) is 20.7. The number of sulfonamides is 1. The molecule has 31 heavy (non-hydrogen) atoms. The van der Waals surface area contributed by atoms with Crippen LogP contribution in [0.1, 0.15) is 10.4 Å². The monoisotopic (exact) mass is 438 g/mol. The lowest BCUT2D eigenvalue weighted by Gasteiger charge is -2.29. The van der Waals surface area contributed by atoms with Gasteiger partial charge in [-0.25, -0.2) is 8.42 Å². The maximum Gasteiger partial charge on any atom is 0.261 e. The summed E-state index contributed by atoms with van der Waals surface area (Å²) >= 11 is 0. The Balaban J connectivity index is 1.43. The molecule has 0 saturated heterocycles. The lowest BCUT2D eigenvalue weighted by Crippen LogP contribution is -2.41. The number of likely N-dealkylation sites (N-methyl/N-ethyl adjacent to an activating group) is 1. The molecule has 160 valence electrons. The van der Waals surface area contributed by atoms with Crippen molar-refractivity contribution in [2.24, 2.45) is 0 Å². The van der Waals surface area contributed by atoms with Crippen LogP contribution in [0.4, 0.5) is 5.69 Å². The summed E-state index contributed by atoms with van der Waals surface area (Å²) < 4.78 is 39.2. The Morgan fingerprint density at radius 3 is 2.48 bits per heavy atom. The van der Waals surface area contributed by atoms with Crippen molar-refractivity contribution >= 4 is 21.6 Å². The molecule has 1 amide bonds. The highest BCUT2D eigenvalue weighted by molar-refractivity contribution is 7.92. The lowest BCUT2D eigenvalue weighted by atomic mass is 10.1. The lowest BCUT2D eigenvalue weighted by molar-refractivity contribution is 0.0521. The van der Waals surface area contributed by atoms with Crippen molar-refractivity contribution in [1.29, 1.82) is 0 Å². The van der Waals surface area contributed by atoms with E-state index in [1.165, 1.54) is 23.1 Å². The Morgan fingerprint density at radius 2 is 1.71 bits per heavy atom. The van der Waals surface area contributed by atoms with Crippen molar-refractivity contribution in [3.05, 3.63) is 84.4 Å². The Labute approximate surface area is 181 Å². The fourth-order valence-electron chi connectivity index (χ4n) is 3.29. The number of benzene rings is 3. The van der Waals surface area contributed by atoms with Crippen LogP contribution in [0.3, 0.4) is 0 Å². The summed E-state index contributed by atoms with van der Waals surface area (Å²) in [4.78, 5) is 14.6. The first-order valence-electron chi connectivity index (χ1n) is 9.74. The first-order chi connectivity index (χ1) is 14.9. The number of fused-ring (bicyclic) bond motifs is 1. The molecule has 3 aromatic carbocycles. The quantitative estimate of drug-likeness (QED) is 0.638. The average Bonchev–Trinajstić information content (AvgIpc) is 2.79. The number of amides is 1. The fraction of sp³-hybridized carbons (Fsp3) is 0.174. The van der Waals surface area contributed by atoms with Crippen LogP contribution < -0.4 is 14.2 Å². The summed E-state index contributed by atoms with van der Waals surface area (Å²) in [7, 11) is -2.06. The molecule has 0 aromatic heterocycles. The van der Waals surface area contributed by atoms with Crippen molar-refractivity contribution in [2.45, 2.75) is 11.0 Å². The number of hydrogen-bond acceptors (Lipinski definition) is 5. The van der Waals surface area contributed by atoms with E-state index in [1.807, 2.05) is 24.3 Å². The number of anilines is 1. The molecule has 3 aromatic rings. The van der Waals surface area contributed by atoms with E-state index in [9.17, 15) is 13.2 Å². The summed E-state index contributed by atoms with van der Waals surface area (Å²) in [5, 5.41) is 0. The highest BCUT2D eigenvalue weighted by Crippen LogP contribution is 2.31. The molecule has 0 bridgehead atoms. The minimum Gasteiger partial charge on any atom is -0.486 e. The number of nitrogens with one attached hydrogen (secondary N) is 1. The van der Waals surface area contributed by atoms with E-state index in [-0.39, 0.29) is 16.9 Å². The van der Waals surface area contributed by atoms with Crippen LogP contribution in [-0.2, 0) is 10.0 Å². The first-order valence-corrected chi connectivity index (χ1v) is 11.2. The predicted molar refractivity (Wildman–Crippen MR) is 117 cm³/mol. The molecule has 8 heteroatoms. The SMILES string of the molecule is CN(C[C@@H]1COc2ccccc2O1)C(=O)c1cccc(NS(=O)(=O)c2ccccc2)c1. The minimum absolute atomic E-state index is 0.151. The Morgan fingerprint density at radius 1 is 1.00 bits per heavy atom. The standard InChI is InChI=1S/C23H22N2O5S/c1-25(15-19-16-29-21-12-5-6-13-22(21)30-19)23(26)17-8-7-9-18(14-17)24-31(27,28)20-10-3-2-4-11-20/h2-14,19,24H,15-16H2,1H3/t19-/m1/s1. The van der Waals surface area contributed by atoms with E-state index in [4.69, 9.17) is 9.47 Å². The third-order valence-electron chi connectivity index (χ3n) is 4.81. The molecular weight excluding hydrogens is 416 g/mol. The zero-order chi connectivity index (χ0) is 21.8. The predicted octanol–water partition coefficient (Wildman–Crippen LogP) is 3.40. The third-order valence-corrected chi connectivity index (χ3v) is 6.20. The average molecular weight is 439 g/mol. The van der Waals surface area contributed by atoms with Gasteiger partial charge in [0.05, 0.1) is 11.4 Å². The van der Waals surface area contributed by atoms with Gasteiger partial charge >= 0.3 is 0 Å². The molecule has 0 fully saturated rings. The molecule has 0 aliphatic carbocycles. The van der Waals surface area contributed by atoms with E-state index < -0.39 is 10.0 Å². The van der Waals surface area contributed by atoms with Crippen molar-refractivity contribution < 1.29 is 22.7 Å². The summed E-state index contributed by atoms with van der Waals surface area (Å²) in [6.07, 6.45) is -0.302. The number of hydrogen-bond donors (Lipinski definition) is 1. The van der Waals surface area contributed by atoms with E-state index in [0.717, 1.165) is 0 Å². The molecular formula is C23H22N2O5S. The van der Waals surface area contributed by atoms with Crippen LogP contribution in [0, 0.1) is 0 Å². The number of carbonyl (C=O) groups is 1. The van der Waals surface area contributed by atoms with Crippen LogP contribution >= 0.6 is 0 Å². The second-order valence-corrected chi connectivity index (χ2v) is 8.87. The van der Waals surface area contributed by atoms with Crippen LogP contribution in [0.25, 0.3) is 0 Å². The smallest absolute Gasteiger partial charge is 0.261 e. The van der Waals surface area contributed by atoms with Gasteiger partial charge in [0.2, 0.25) is 0 Å². The molecule has 0 radical (unpaired) electrons. The molecule has 1 atom stereocenters. The van der Waals surface area contributed by atoms with Crippen molar-refractivity contribution in [2.75, 3.05) is 24.9 Å². The van der Waals surface area contributed by atoms with Gasteiger partial charge in [-0.05, 0) is 42.5 Å². The highest BCUT2D eigenvalue weighted by atomic mass is 32.2. The van der Waals surface area contributed by atoms with Crippen molar-refractivity contribution in [3.63, 3.8) is 0 Å². The summed E-state index contributed by atoms with van der Waals surface area (Å²) in [6, 6.07) is 21.9. The van der Waals surface area contributed by atoms with Crippen molar-refractivity contribution in [3.8, 4) is 11.5 Å². The van der Waals surface area contributed by atoms with Crippen LogP contribution in [0.5, 0.6) is 11.5 Å². The van der Waals surface area contributed by atoms with Crippen LogP contribution in [0.15, 0.2) is 83.8 Å². The largest absolute Gasteiger partial charge is 0.486 e. The molecule has 1 aliphatic heterocycles. The van der Waals surface area contributed by atoms with Crippen LogP contribution in [0.2, 0.25) is 0 Å². The topological polar surface area (TPSA) is 84.9 Å². The number of para-hydroxylation sites is 2. The molecule has 1 N–H and O–H groups in total. The van der Waals surface area contributed by atoms with E-state index >= 15 is 0 Å². The Kier molecular flexibility index (Phi) is 5.81. The van der Waals surface area contributed by atoms with Gasteiger partial charge in [0.15, 0.2) is 17.6 Å². The Bertz CT molecular complexity index is 1180. The molecule has 1 aliphatic rings. The van der Waals surface area contributed by atoms with Gasteiger partial charge < -0.3 is 14.4 Å². The molecule has 0 spiro atoms. The summed E-state index contributed by atoms with van der Waals surface area (Å²) in [5.74, 6) is 1.09. The van der Waals surface area contributed by atoms with E-state index in [2.05, 4.69) is 4.72 Å². The number of rotatable bonds is 6. The number of ether oxygens (including phenoxy) is 2. The molecule has 7 nitrogen and oxygen atoms in total. The maximum absolute atomic E-state index is 12.9. The minimum atomic E-state index is -3.74. The normalized spacial score (nSPS) is 15.2. The fourth-order valence-corrected chi connectivity index (χ4v) is 4.36. The number of carbonyl (C=O) groups excluding carboxylic acids is 1. The van der Waals surface area contributed by atoms with Gasteiger partial charge in [-0.15, -0.1) is 0 Å². The van der Waals surface area contributed by atoms with E-state index in [1.54, 1.807) is 43.4 Å². The zero-order valence-electron chi connectivity index (χ0n) is 16.9. The van der Waals surface area contributed by atoms with Gasteiger partial charge in [-0.1, -0.05) is 36.4 Å². The highest BCUT2D eigenvalue weighted by Gasteiger charge is 2.24. The summed E-state index contributed by atoms with van der Waals surface area (Å²) in [6.45, 7) is 0.665. The second-order valence-electron chi connectivity index (χ2n) is 7.18. The van der Waals surface area contributed by atoms with E-state index in [0.29, 0.717) is 35.9 Å². The van der Waals surface area contributed by atoms with Gasteiger partial charge in [-0.3, -0.25) is 9.52 Å². The molecule has 0 unspecified atom stereocenters. The van der Waals surface area contributed by atoms with Gasteiger partial charge in [0, 0.05) is 18.3 Å². The molecule has 0 saturated carbocycles.